The number of likely N-dealkylation sites (tertiary alicyclic amines) is 1. The first-order valence-corrected chi connectivity index (χ1v) is 10.2. The van der Waals surface area contributed by atoms with Crippen molar-refractivity contribution >= 4 is 17.2 Å². The van der Waals surface area contributed by atoms with Gasteiger partial charge in [0.25, 0.3) is 5.91 Å². The van der Waals surface area contributed by atoms with Crippen LogP contribution in [0.15, 0.2) is 41.1 Å². The standard InChI is InChI=1S/C20H24N4O2S/c1-14-22-12-15(23-14)13-24-10-2-5-17(24)18-6-7-19(27-18)20(25)21-9-8-16-4-3-11-26-16/h3-4,6-7,11-12,17H,2,5,8-10,13H2,1H3,(H,21,25)(H,22,23). The number of carbonyl (C=O) groups excluding carboxylic acids is 1. The van der Waals surface area contributed by atoms with Crippen LogP contribution in [-0.4, -0.2) is 33.9 Å². The maximum atomic E-state index is 12.4. The van der Waals surface area contributed by atoms with Crippen LogP contribution in [0.25, 0.3) is 0 Å². The average molecular weight is 385 g/mol. The Kier molecular flexibility index (Phi) is 5.40. The number of H-pyrrole nitrogens is 1. The number of aryl methyl sites for hydroxylation is 1. The van der Waals surface area contributed by atoms with Crippen LogP contribution in [0.3, 0.4) is 0 Å². The van der Waals surface area contributed by atoms with Gasteiger partial charge in [0, 0.05) is 42.3 Å². The number of carbonyl (C=O) groups is 1. The third-order valence-corrected chi connectivity index (χ3v) is 6.09. The summed E-state index contributed by atoms with van der Waals surface area (Å²) in [5.74, 6) is 1.83. The van der Waals surface area contributed by atoms with E-state index in [1.807, 2.05) is 31.3 Å². The smallest absolute Gasteiger partial charge is 0.261 e. The van der Waals surface area contributed by atoms with Crippen LogP contribution < -0.4 is 5.32 Å². The van der Waals surface area contributed by atoms with Gasteiger partial charge in [-0.3, -0.25) is 9.69 Å². The molecule has 1 atom stereocenters. The summed E-state index contributed by atoms with van der Waals surface area (Å²) in [5.41, 5.74) is 1.15. The van der Waals surface area contributed by atoms with E-state index in [0.29, 0.717) is 19.0 Å². The zero-order valence-corrected chi connectivity index (χ0v) is 16.2. The van der Waals surface area contributed by atoms with Gasteiger partial charge in [-0.15, -0.1) is 11.3 Å². The Labute approximate surface area is 162 Å². The maximum Gasteiger partial charge on any atom is 0.261 e. The molecule has 1 aliphatic rings. The highest BCUT2D eigenvalue weighted by Crippen LogP contribution is 2.36. The first-order valence-electron chi connectivity index (χ1n) is 9.34. The van der Waals surface area contributed by atoms with Crippen molar-refractivity contribution < 1.29 is 9.21 Å². The van der Waals surface area contributed by atoms with E-state index >= 15 is 0 Å². The molecule has 1 aliphatic heterocycles. The molecule has 0 saturated carbocycles. The van der Waals surface area contributed by atoms with E-state index in [-0.39, 0.29) is 5.91 Å². The highest BCUT2D eigenvalue weighted by molar-refractivity contribution is 7.14. The van der Waals surface area contributed by atoms with Crippen molar-refractivity contribution in [1.29, 1.82) is 0 Å². The Hall–Kier alpha value is -2.38. The quantitative estimate of drug-likeness (QED) is 0.652. The van der Waals surface area contributed by atoms with Crippen molar-refractivity contribution in [2.75, 3.05) is 13.1 Å². The summed E-state index contributed by atoms with van der Waals surface area (Å²) in [6.07, 6.45) is 6.59. The van der Waals surface area contributed by atoms with Crippen LogP contribution in [0, 0.1) is 6.92 Å². The predicted molar refractivity (Wildman–Crippen MR) is 105 cm³/mol. The van der Waals surface area contributed by atoms with Gasteiger partial charge in [-0.25, -0.2) is 4.98 Å². The van der Waals surface area contributed by atoms with Crippen LogP contribution in [0.2, 0.25) is 0 Å². The summed E-state index contributed by atoms with van der Waals surface area (Å²) in [5, 5.41) is 2.98. The lowest BCUT2D eigenvalue weighted by Gasteiger charge is -2.22. The van der Waals surface area contributed by atoms with Crippen LogP contribution in [0.4, 0.5) is 0 Å². The van der Waals surface area contributed by atoms with E-state index in [1.165, 1.54) is 11.3 Å². The lowest BCUT2D eigenvalue weighted by Crippen LogP contribution is -2.24. The van der Waals surface area contributed by atoms with Gasteiger partial charge in [0.05, 0.1) is 11.1 Å². The van der Waals surface area contributed by atoms with Gasteiger partial charge in [0.1, 0.15) is 11.6 Å². The molecule has 3 aromatic heterocycles. The predicted octanol–water partition coefficient (Wildman–Crippen LogP) is 3.68. The number of nitrogens with zero attached hydrogens (tertiary/aromatic N) is 2. The van der Waals surface area contributed by atoms with Gasteiger partial charge >= 0.3 is 0 Å². The Morgan fingerprint density at radius 2 is 2.37 bits per heavy atom. The molecule has 4 rings (SSSR count). The van der Waals surface area contributed by atoms with Gasteiger partial charge in [-0.05, 0) is 50.6 Å². The third kappa shape index (κ3) is 4.31. The van der Waals surface area contributed by atoms with Gasteiger partial charge in [0.2, 0.25) is 0 Å². The molecule has 6 nitrogen and oxygen atoms in total. The number of rotatable bonds is 7. The summed E-state index contributed by atoms with van der Waals surface area (Å²) in [6.45, 7) is 4.49. The van der Waals surface area contributed by atoms with Crippen molar-refractivity contribution in [3.63, 3.8) is 0 Å². The molecule has 1 unspecified atom stereocenters. The zero-order chi connectivity index (χ0) is 18.6. The Balaban J connectivity index is 1.35. The number of thiophene rings is 1. The van der Waals surface area contributed by atoms with E-state index in [1.54, 1.807) is 17.6 Å². The molecule has 0 radical (unpaired) electrons. The number of amides is 1. The molecule has 0 bridgehead atoms. The normalized spacial score (nSPS) is 17.4. The number of aromatic amines is 1. The van der Waals surface area contributed by atoms with E-state index in [2.05, 4.69) is 26.3 Å². The summed E-state index contributed by atoms with van der Waals surface area (Å²) < 4.78 is 5.29. The highest BCUT2D eigenvalue weighted by atomic mass is 32.1. The lowest BCUT2D eigenvalue weighted by atomic mass is 10.2. The van der Waals surface area contributed by atoms with E-state index < -0.39 is 0 Å². The molecular formula is C20H24N4O2S. The minimum absolute atomic E-state index is 0.00783. The first-order chi connectivity index (χ1) is 13.2. The van der Waals surface area contributed by atoms with E-state index in [4.69, 9.17) is 4.42 Å². The van der Waals surface area contributed by atoms with Crippen molar-refractivity contribution in [2.24, 2.45) is 0 Å². The molecule has 0 spiro atoms. The Morgan fingerprint density at radius 3 is 3.15 bits per heavy atom. The molecule has 1 saturated heterocycles. The Bertz CT molecular complexity index is 884. The van der Waals surface area contributed by atoms with Crippen LogP contribution in [-0.2, 0) is 13.0 Å². The second-order valence-electron chi connectivity index (χ2n) is 6.91. The number of hydrogen-bond donors (Lipinski definition) is 2. The fraction of sp³-hybridized carbons (Fsp3) is 0.400. The molecule has 0 aromatic carbocycles. The molecule has 3 aromatic rings. The van der Waals surface area contributed by atoms with Crippen LogP contribution in [0.5, 0.6) is 0 Å². The number of imidazole rings is 1. The molecule has 0 aliphatic carbocycles. The molecule has 4 heterocycles. The van der Waals surface area contributed by atoms with Gasteiger partial charge < -0.3 is 14.7 Å². The van der Waals surface area contributed by atoms with Crippen molar-refractivity contribution in [2.45, 2.75) is 38.8 Å². The van der Waals surface area contributed by atoms with Gasteiger partial charge in [-0.2, -0.15) is 0 Å². The average Bonchev–Trinajstić information content (AvgIpc) is 3.43. The lowest BCUT2D eigenvalue weighted by molar-refractivity contribution is 0.0957. The topological polar surface area (TPSA) is 74.2 Å². The molecular weight excluding hydrogens is 360 g/mol. The fourth-order valence-corrected chi connectivity index (χ4v) is 4.70. The van der Waals surface area contributed by atoms with Crippen molar-refractivity contribution in [3.8, 4) is 0 Å². The number of aromatic nitrogens is 2. The monoisotopic (exact) mass is 384 g/mol. The minimum atomic E-state index is -0.00783. The molecule has 1 amide bonds. The summed E-state index contributed by atoms with van der Waals surface area (Å²) in [6, 6.07) is 8.21. The summed E-state index contributed by atoms with van der Waals surface area (Å²) in [4.78, 5) is 24.5. The highest BCUT2D eigenvalue weighted by Gasteiger charge is 2.28. The summed E-state index contributed by atoms with van der Waals surface area (Å²) in [7, 11) is 0. The van der Waals surface area contributed by atoms with E-state index in [9.17, 15) is 4.79 Å². The number of nitrogens with one attached hydrogen (secondary N) is 2. The largest absolute Gasteiger partial charge is 0.469 e. The molecule has 7 heteroatoms. The number of hydrogen-bond acceptors (Lipinski definition) is 5. The van der Waals surface area contributed by atoms with Gasteiger partial charge in [0.15, 0.2) is 0 Å². The molecule has 27 heavy (non-hydrogen) atoms. The molecule has 142 valence electrons. The van der Waals surface area contributed by atoms with Crippen LogP contribution >= 0.6 is 11.3 Å². The minimum Gasteiger partial charge on any atom is -0.469 e. The van der Waals surface area contributed by atoms with Crippen LogP contribution in [0.1, 0.15) is 50.7 Å². The van der Waals surface area contributed by atoms with Crippen molar-refractivity contribution in [1.82, 2.24) is 20.2 Å². The second-order valence-corrected chi connectivity index (χ2v) is 8.02. The zero-order valence-electron chi connectivity index (χ0n) is 15.4. The second kappa shape index (κ2) is 8.10. The maximum absolute atomic E-state index is 12.4. The first kappa shape index (κ1) is 18.0. The summed E-state index contributed by atoms with van der Waals surface area (Å²) >= 11 is 1.60. The number of furan rings is 1. The molecule has 1 fully saturated rings. The molecule has 2 N–H and O–H groups in total. The SMILES string of the molecule is Cc1ncc(CN2CCCC2c2ccc(C(=O)NCCc3ccco3)s2)[nH]1. The van der Waals surface area contributed by atoms with Gasteiger partial charge in [-0.1, -0.05) is 0 Å². The fourth-order valence-electron chi connectivity index (χ4n) is 3.60. The Morgan fingerprint density at radius 1 is 1.44 bits per heavy atom. The van der Waals surface area contributed by atoms with E-state index in [0.717, 1.165) is 41.7 Å². The van der Waals surface area contributed by atoms with Crippen molar-refractivity contribution in [3.05, 3.63) is 63.8 Å². The third-order valence-electron chi connectivity index (χ3n) is 4.91.